The second-order valence-electron chi connectivity index (χ2n) is 10.4. The van der Waals surface area contributed by atoms with Crippen molar-refractivity contribution in [2.24, 2.45) is 0 Å². The Morgan fingerprint density at radius 2 is 1.60 bits per heavy atom. The molecule has 0 radical (unpaired) electrons. The molecule has 9 nitrogen and oxygen atoms in total. The fourth-order valence-electron chi connectivity index (χ4n) is 5.51. The molecule has 3 unspecified atom stereocenters. The van der Waals surface area contributed by atoms with Crippen LogP contribution in [0.25, 0.3) is 0 Å². The van der Waals surface area contributed by atoms with E-state index >= 15 is 0 Å². The highest BCUT2D eigenvalue weighted by atomic mass is 16.3. The lowest BCUT2D eigenvalue weighted by Crippen LogP contribution is -2.53. The van der Waals surface area contributed by atoms with Crippen molar-refractivity contribution < 1.29 is 24.3 Å². The molecule has 2 heterocycles. The smallest absolute Gasteiger partial charge is 0.254 e. The Balaban J connectivity index is 1.37. The third-order valence-electron chi connectivity index (χ3n) is 7.61. The van der Waals surface area contributed by atoms with Gasteiger partial charge in [-0.1, -0.05) is 30.3 Å². The van der Waals surface area contributed by atoms with Crippen LogP contribution in [0.15, 0.2) is 78.9 Å². The number of nitrogens with one attached hydrogen (secondary N) is 1. The molecule has 2 aliphatic heterocycles. The number of benzene rings is 3. The van der Waals surface area contributed by atoms with Crippen molar-refractivity contribution in [3.8, 4) is 5.75 Å². The number of nitrogens with zero attached hydrogens (tertiary/aromatic N) is 3. The molecule has 0 bridgehead atoms. The van der Waals surface area contributed by atoms with E-state index in [9.17, 15) is 24.3 Å². The monoisotopic (exact) mass is 540 g/mol. The minimum Gasteiger partial charge on any atom is -0.508 e. The number of hydrogen-bond acceptors (Lipinski definition) is 6. The Kier molecular flexibility index (Phi) is 7.55. The number of Topliss-reactive ketones (excluding diaryl/α,β-unsaturated/α-hetero) is 1. The molecule has 0 spiro atoms. The summed E-state index contributed by atoms with van der Waals surface area (Å²) in [5, 5.41) is 12.6. The number of amides is 3. The van der Waals surface area contributed by atoms with Gasteiger partial charge in [-0.05, 0) is 60.5 Å². The molecule has 2 saturated heterocycles. The Hall–Kier alpha value is -4.66. The van der Waals surface area contributed by atoms with Crippen LogP contribution >= 0.6 is 0 Å². The molecule has 3 atom stereocenters. The molecule has 0 aliphatic carbocycles. The summed E-state index contributed by atoms with van der Waals surface area (Å²) in [6.45, 7) is 0.248. The number of ketones is 1. The molecular weight excluding hydrogens is 508 g/mol. The van der Waals surface area contributed by atoms with Gasteiger partial charge in [0.25, 0.3) is 11.8 Å². The van der Waals surface area contributed by atoms with E-state index < -0.39 is 24.0 Å². The predicted molar refractivity (Wildman–Crippen MR) is 150 cm³/mol. The normalized spacial score (nSPS) is 18.8. The largest absolute Gasteiger partial charge is 0.508 e. The standard InChI is InChI=1S/C31H32N4O5/c1-33(2)23-12-10-21(11-13-23)29(38)32-25(18-20-8-14-24(36)15-9-20)31(40)34-17-16-26-28(34)27(37)19-35(26)30(39)22-6-4-3-5-7-22/h3-15,25-26,28,36H,16-19H2,1-2H3,(H,32,38). The topological polar surface area (TPSA) is 110 Å². The van der Waals surface area contributed by atoms with E-state index in [1.807, 2.05) is 37.2 Å². The number of carbonyl (C=O) groups is 4. The van der Waals surface area contributed by atoms with Crippen molar-refractivity contribution in [2.75, 3.05) is 32.1 Å². The van der Waals surface area contributed by atoms with Gasteiger partial charge in [0.1, 0.15) is 17.8 Å². The van der Waals surface area contributed by atoms with E-state index in [0.717, 1.165) is 11.3 Å². The maximum Gasteiger partial charge on any atom is 0.254 e. The zero-order valence-corrected chi connectivity index (χ0v) is 22.5. The van der Waals surface area contributed by atoms with Crippen molar-refractivity contribution in [1.29, 1.82) is 0 Å². The SMILES string of the molecule is CN(C)c1ccc(C(=O)NC(Cc2ccc(O)cc2)C(=O)N2CCC3C2C(=O)CN3C(=O)c2ccccc2)cc1. The van der Waals surface area contributed by atoms with E-state index in [4.69, 9.17) is 0 Å². The number of anilines is 1. The van der Waals surface area contributed by atoms with Crippen molar-refractivity contribution >= 4 is 29.2 Å². The van der Waals surface area contributed by atoms with Crippen LogP contribution < -0.4 is 10.2 Å². The van der Waals surface area contributed by atoms with Crippen LogP contribution in [-0.2, 0) is 16.0 Å². The Morgan fingerprint density at radius 3 is 2.25 bits per heavy atom. The quantitative estimate of drug-likeness (QED) is 0.477. The van der Waals surface area contributed by atoms with Crippen LogP contribution in [0.4, 0.5) is 5.69 Å². The molecule has 0 aromatic heterocycles. The van der Waals surface area contributed by atoms with Gasteiger partial charge in [-0.2, -0.15) is 0 Å². The van der Waals surface area contributed by atoms with Gasteiger partial charge < -0.3 is 25.1 Å². The first-order chi connectivity index (χ1) is 19.2. The van der Waals surface area contributed by atoms with Gasteiger partial charge >= 0.3 is 0 Å². The lowest BCUT2D eigenvalue weighted by atomic mass is 10.0. The first-order valence-corrected chi connectivity index (χ1v) is 13.3. The fourth-order valence-corrected chi connectivity index (χ4v) is 5.51. The number of phenols is 1. The predicted octanol–water partition coefficient (Wildman–Crippen LogP) is 2.49. The molecule has 2 aliphatic rings. The zero-order valence-electron chi connectivity index (χ0n) is 22.5. The number of hydrogen-bond donors (Lipinski definition) is 2. The number of phenolic OH excluding ortho intramolecular Hbond substituents is 1. The van der Waals surface area contributed by atoms with Gasteiger partial charge in [0, 0.05) is 43.9 Å². The molecule has 206 valence electrons. The molecular formula is C31H32N4O5. The molecule has 0 saturated carbocycles. The van der Waals surface area contributed by atoms with Gasteiger partial charge in [-0.25, -0.2) is 0 Å². The summed E-state index contributed by atoms with van der Waals surface area (Å²) >= 11 is 0. The highest BCUT2D eigenvalue weighted by Crippen LogP contribution is 2.31. The zero-order chi connectivity index (χ0) is 28.4. The first kappa shape index (κ1) is 26.9. The van der Waals surface area contributed by atoms with Crippen molar-refractivity contribution in [3.63, 3.8) is 0 Å². The second-order valence-corrected chi connectivity index (χ2v) is 10.4. The minimum atomic E-state index is -0.948. The summed E-state index contributed by atoms with van der Waals surface area (Å²) < 4.78 is 0. The van der Waals surface area contributed by atoms with Gasteiger partial charge in [0.2, 0.25) is 5.91 Å². The van der Waals surface area contributed by atoms with Crippen LogP contribution in [0.3, 0.4) is 0 Å². The summed E-state index contributed by atoms with van der Waals surface area (Å²) in [5.41, 5.74) is 2.59. The molecule has 2 fully saturated rings. The number of aromatic hydroxyl groups is 1. The average molecular weight is 541 g/mol. The Bertz CT molecular complexity index is 1410. The maximum atomic E-state index is 14.0. The molecule has 3 amide bonds. The third-order valence-corrected chi connectivity index (χ3v) is 7.61. The molecule has 5 rings (SSSR count). The van der Waals surface area contributed by atoms with Crippen LogP contribution in [0.1, 0.15) is 32.7 Å². The van der Waals surface area contributed by atoms with Crippen molar-refractivity contribution in [3.05, 3.63) is 95.6 Å². The van der Waals surface area contributed by atoms with Crippen molar-refractivity contribution in [2.45, 2.75) is 31.0 Å². The van der Waals surface area contributed by atoms with E-state index in [2.05, 4.69) is 5.32 Å². The summed E-state index contributed by atoms with van der Waals surface area (Å²) in [6, 6.07) is 20.2. The van der Waals surface area contributed by atoms with Gasteiger partial charge in [-0.15, -0.1) is 0 Å². The third kappa shape index (κ3) is 5.40. The number of likely N-dealkylation sites (tertiary alicyclic amines) is 2. The van der Waals surface area contributed by atoms with Gasteiger partial charge in [-0.3, -0.25) is 19.2 Å². The Labute approximate surface area is 233 Å². The van der Waals surface area contributed by atoms with E-state index in [1.54, 1.807) is 53.4 Å². The number of rotatable bonds is 7. The number of carbonyl (C=O) groups excluding carboxylic acids is 4. The number of fused-ring (bicyclic) bond motifs is 1. The lowest BCUT2D eigenvalue weighted by Gasteiger charge is -2.28. The highest BCUT2D eigenvalue weighted by molar-refractivity contribution is 6.03. The van der Waals surface area contributed by atoms with E-state index in [-0.39, 0.29) is 36.3 Å². The highest BCUT2D eigenvalue weighted by Gasteiger charge is 2.52. The summed E-state index contributed by atoms with van der Waals surface area (Å²) in [4.78, 5) is 58.5. The molecule has 9 heteroatoms. The van der Waals surface area contributed by atoms with Crippen LogP contribution in [-0.4, -0.2) is 83.7 Å². The van der Waals surface area contributed by atoms with E-state index in [1.165, 1.54) is 17.0 Å². The van der Waals surface area contributed by atoms with Gasteiger partial charge in [0.05, 0.1) is 12.6 Å². The lowest BCUT2D eigenvalue weighted by molar-refractivity contribution is -0.138. The van der Waals surface area contributed by atoms with E-state index in [0.29, 0.717) is 24.1 Å². The Morgan fingerprint density at radius 1 is 0.925 bits per heavy atom. The molecule has 40 heavy (non-hydrogen) atoms. The molecule has 2 N–H and O–H groups in total. The fraction of sp³-hybridized carbons (Fsp3) is 0.290. The van der Waals surface area contributed by atoms with Crippen LogP contribution in [0, 0.1) is 0 Å². The molecule has 3 aromatic carbocycles. The maximum absolute atomic E-state index is 14.0. The summed E-state index contributed by atoms with van der Waals surface area (Å²) in [5.74, 6) is -1.10. The minimum absolute atomic E-state index is 0.0555. The molecule has 3 aromatic rings. The van der Waals surface area contributed by atoms with Crippen molar-refractivity contribution in [1.82, 2.24) is 15.1 Å². The van der Waals surface area contributed by atoms with Crippen LogP contribution in [0.2, 0.25) is 0 Å². The second kappa shape index (κ2) is 11.2. The van der Waals surface area contributed by atoms with Gasteiger partial charge in [0.15, 0.2) is 5.78 Å². The average Bonchev–Trinajstić information content (AvgIpc) is 3.54. The summed E-state index contributed by atoms with van der Waals surface area (Å²) in [7, 11) is 3.81. The first-order valence-electron chi connectivity index (χ1n) is 13.3. The summed E-state index contributed by atoms with van der Waals surface area (Å²) in [6.07, 6.45) is 0.655. The van der Waals surface area contributed by atoms with Crippen LogP contribution in [0.5, 0.6) is 5.75 Å².